The summed E-state index contributed by atoms with van der Waals surface area (Å²) in [5.74, 6) is -1.74. The zero-order valence-electron chi connectivity index (χ0n) is 6.88. The molecule has 8 heteroatoms. The summed E-state index contributed by atoms with van der Waals surface area (Å²) in [5, 5.41) is 9.21. The van der Waals surface area contributed by atoms with Gasteiger partial charge in [-0.3, -0.25) is 4.79 Å². The first-order chi connectivity index (χ1) is 6.85. The van der Waals surface area contributed by atoms with E-state index in [1.807, 2.05) is 0 Å². The smallest absolute Gasteiger partial charge is 0.503 e. The summed E-state index contributed by atoms with van der Waals surface area (Å²) in [6, 6.07) is 0. The van der Waals surface area contributed by atoms with Gasteiger partial charge in [0.05, 0.1) is 3.57 Å². The zero-order valence-corrected chi connectivity index (χ0v) is 9.03. The van der Waals surface area contributed by atoms with Gasteiger partial charge in [0.1, 0.15) is 5.69 Å². The molecule has 0 fully saturated rings. The van der Waals surface area contributed by atoms with Crippen LogP contribution in [-0.2, 0) is 0 Å². The Morgan fingerprint density at radius 1 is 1.53 bits per heavy atom. The van der Waals surface area contributed by atoms with E-state index in [4.69, 9.17) is 0 Å². The number of nitrogens with zero attached hydrogens (tertiary/aromatic N) is 1. The van der Waals surface area contributed by atoms with Crippen molar-refractivity contribution < 1.29 is 27.8 Å². The fourth-order valence-corrected chi connectivity index (χ4v) is 1.28. The molecule has 4 nitrogen and oxygen atoms in total. The van der Waals surface area contributed by atoms with Gasteiger partial charge in [-0.05, 0) is 22.6 Å². The van der Waals surface area contributed by atoms with Crippen molar-refractivity contribution in [2.75, 3.05) is 0 Å². The number of aromatic nitrogens is 1. The standard InChI is InChI=1S/C7H3F3INO3/c8-7(9,10)15-6-3(11)1-12-4(2-13)5(6)14/h1-2,14H. The molecule has 0 spiro atoms. The van der Waals surface area contributed by atoms with Gasteiger partial charge in [-0.1, -0.05) is 0 Å². The van der Waals surface area contributed by atoms with Crippen molar-refractivity contribution in [3.05, 3.63) is 15.5 Å². The normalized spacial score (nSPS) is 11.2. The molecule has 0 bridgehead atoms. The summed E-state index contributed by atoms with van der Waals surface area (Å²) in [6.07, 6.45) is -3.81. The Kier molecular flexibility index (Phi) is 3.37. The average Bonchev–Trinajstić information content (AvgIpc) is 2.11. The molecule has 0 unspecified atom stereocenters. The van der Waals surface area contributed by atoms with Crippen LogP contribution in [0.1, 0.15) is 10.5 Å². The monoisotopic (exact) mass is 333 g/mol. The van der Waals surface area contributed by atoms with E-state index in [0.29, 0.717) is 0 Å². The molecule has 1 heterocycles. The van der Waals surface area contributed by atoms with Gasteiger partial charge in [0, 0.05) is 6.20 Å². The Bertz CT molecular complexity index is 394. The summed E-state index contributed by atoms with van der Waals surface area (Å²) in [6.45, 7) is 0. The van der Waals surface area contributed by atoms with Crippen LogP contribution in [0.3, 0.4) is 0 Å². The molecule has 1 N–H and O–H groups in total. The van der Waals surface area contributed by atoms with Gasteiger partial charge in [-0.15, -0.1) is 13.2 Å². The second kappa shape index (κ2) is 4.21. The summed E-state index contributed by atoms with van der Waals surface area (Å²) >= 11 is 1.50. The SMILES string of the molecule is O=Cc1ncc(I)c(OC(F)(F)F)c1O. The molecule has 0 aromatic carbocycles. The Balaban J connectivity index is 3.21. The van der Waals surface area contributed by atoms with Crippen molar-refractivity contribution >= 4 is 28.9 Å². The van der Waals surface area contributed by atoms with E-state index in [0.717, 1.165) is 6.20 Å². The number of aldehydes is 1. The first kappa shape index (κ1) is 12.0. The third-order valence-corrected chi connectivity index (χ3v) is 2.09. The van der Waals surface area contributed by atoms with Gasteiger partial charge in [-0.25, -0.2) is 4.98 Å². The molecule has 0 radical (unpaired) electrons. The molecule has 0 saturated carbocycles. The highest BCUT2D eigenvalue weighted by atomic mass is 127. The maximum Gasteiger partial charge on any atom is 0.573 e. The van der Waals surface area contributed by atoms with Crippen LogP contribution in [0.15, 0.2) is 6.20 Å². The topological polar surface area (TPSA) is 59.4 Å². The molecule has 1 aromatic rings. The minimum Gasteiger partial charge on any atom is -0.503 e. The first-order valence-electron chi connectivity index (χ1n) is 3.43. The molecule has 0 aliphatic carbocycles. The number of rotatable bonds is 2. The Labute approximate surface area is 95.2 Å². The molecule has 0 saturated heterocycles. The third-order valence-electron chi connectivity index (χ3n) is 1.32. The second-order valence-corrected chi connectivity index (χ2v) is 3.50. The number of pyridine rings is 1. The first-order valence-corrected chi connectivity index (χ1v) is 4.51. The lowest BCUT2D eigenvalue weighted by molar-refractivity contribution is -0.275. The third kappa shape index (κ3) is 2.94. The van der Waals surface area contributed by atoms with Crippen molar-refractivity contribution in [1.29, 1.82) is 0 Å². The lowest BCUT2D eigenvalue weighted by Gasteiger charge is -2.12. The lowest BCUT2D eigenvalue weighted by atomic mass is 10.3. The molecule has 0 amide bonds. The number of carbonyl (C=O) groups is 1. The number of ether oxygens (including phenoxy) is 1. The summed E-state index contributed by atoms with van der Waals surface area (Å²) in [4.78, 5) is 13.7. The molecule has 1 rings (SSSR count). The largest absolute Gasteiger partial charge is 0.573 e. The van der Waals surface area contributed by atoms with Crippen LogP contribution in [0.2, 0.25) is 0 Å². The van der Waals surface area contributed by atoms with Crippen LogP contribution in [0, 0.1) is 3.57 Å². The number of alkyl halides is 3. The number of hydrogen-bond donors (Lipinski definition) is 1. The van der Waals surface area contributed by atoms with Gasteiger partial charge in [-0.2, -0.15) is 0 Å². The minimum atomic E-state index is -4.93. The Morgan fingerprint density at radius 2 is 2.13 bits per heavy atom. The van der Waals surface area contributed by atoms with Gasteiger partial charge < -0.3 is 9.84 Å². The highest BCUT2D eigenvalue weighted by Crippen LogP contribution is 2.36. The van der Waals surface area contributed by atoms with E-state index >= 15 is 0 Å². The van der Waals surface area contributed by atoms with Crippen molar-refractivity contribution in [3.63, 3.8) is 0 Å². The minimum absolute atomic E-state index is 0.0481. The highest BCUT2D eigenvalue weighted by Gasteiger charge is 2.34. The average molecular weight is 333 g/mol. The molecule has 0 aliphatic heterocycles. The van der Waals surface area contributed by atoms with Gasteiger partial charge >= 0.3 is 6.36 Å². The predicted octanol–water partition coefficient (Wildman–Crippen LogP) is 2.10. The second-order valence-electron chi connectivity index (χ2n) is 2.33. The van der Waals surface area contributed by atoms with E-state index in [-0.39, 0.29) is 9.86 Å². The Morgan fingerprint density at radius 3 is 2.60 bits per heavy atom. The van der Waals surface area contributed by atoms with E-state index in [1.165, 1.54) is 22.6 Å². The molecule has 82 valence electrons. The fraction of sp³-hybridized carbons (Fsp3) is 0.143. The van der Waals surface area contributed by atoms with Crippen LogP contribution in [0.5, 0.6) is 11.5 Å². The highest BCUT2D eigenvalue weighted by molar-refractivity contribution is 14.1. The van der Waals surface area contributed by atoms with Crippen LogP contribution < -0.4 is 4.74 Å². The van der Waals surface area contributed by atoms with Crippen molar-refractivity contribution in [3.8, 4) is 11.5 Å². The summed E-state index contributed by atoms with van der Waals surface area (Å²) < 4.78 is 39.2. The van der Waals surface area contributed by atoms with E-state index in [9.17, 15) is 23.1 Å². The molecule has 1 aromatic heterocycles. The van der Waals surface area contributed by atoms with Gasteiger partial charge in [0.25, 0.3) is 0 Å². The zero-order chi connectivity index (χ0) is 11.6. The molecular formula is C7H3F3INO3. The van der Waals surface area contributed by atoms with Crippen molar-refractivity contribution in [1.82, 2.24) is 4.98 Å². The van der Waals surface area contributed by atoms with Crippen molar-refractivity contribution in [2.24, 2.45) is 0 Å². The lowest BCUT2D eigenvalue weighted by Crippen LogP contribution is -2.18. The van der Waals surface area contributed by atoms with E-state index < -0.39 is 23.6 Å². The number of halogens is 4. The van der Waals surface area contributed by atoms with Crippen LogP contribution in [0.4, 0.5) is 13.2 Å². The van der Waals surface area contributed by atoms with Crippen LogP contribution in [0.25, 0.3) is 0 Å². The summed E-state index contributed by atoms with van der Waals surface area (Å²) in [7, 11) is 0. The fourth-order valence-electron chi connectivity index (χ4n) is 0.774. The molecule has 15 heavy (non-hydrogen) atoms. The van der Waals surface area contributed by atoms with E-state index in [2.05, 4.69) is 9.72 Å². The number of carbonyl (C=O) groups excluding carboxylic acids is 1. The predicted molar refractivity (Wildman–Crippen MR) is 50.7 cm³/mol. The maximum absolute atomic E-state index is 11.9. The van der Waals surface area contributed by atoms with E-state index in [1.54, 1.807) is 0 Å². The molecular weight excluding hydrogens is 330 g/mol. The molecule has 0 atom stereocenters. The number of hydrogen-bond acceptors (Lipinski definition) is 4. The van der Waals surface area contributed by atoms with Crippen LogP contribution in [-0.4, -0.2) is 22.7 Å². The quantitative estimate of drug-likeness (QED) is 0.665. The summed E-state index contributed by atoms with van der Waals surface area (Å²) in [5.41, 5.74) is -0.505. The van der Waals surface area contributed by atoms with Gasteiger partial charge in [0.15, 0.2) is 17.8 Å². The Hall–Kier alpha value is -1.06. The van der Waals surface area contributed by atoms with Gasteiger partial charge in [0.2, 0.25) is 0 Å². The molecule has 0 aliphatic rings. The van der Waals surface area contributed by atoms with Crippen molar-refractivity contribution in [2.45, 2.75) is 6.36 Å². The van der Waals surface area contributed by atoms with Crippen LogP contribution >= 0.6 is 22.6 Å². The maximum atomic E-state index is 11.9. The number of aromatic hydroxyl groups is 1.